The molecule has 0 aliphatic carbocycles. The summed E-state index contributed by atoms with van der Waals surface area (Å²) in [5, 5.41) is 26.1. The van der Waals surface area contributed by atoms with E-state index in [4.69, 9.17) is 16.6 Å². The minimum absolute atomic E-state index is 0.0602. The number of hydrogen-bond acceptors (Lipinski definition) is 8. The van der Waals surface area contributed by atoms with Crippen molar-refractivity contribution in [2.45, 2.75) is 83.0 Å². The van der Waals surface area contributed by atoms with Crippen molar-refractivity contribution in [3.63, 3.8) is 0 Å². The number of nitrogens with two attached hydrogens (primary N) is 2. The Hall–Kier alpha value is -3.52. The molecule has 1 aromatic heterocycles. The predicted molar refractivity (Wildman–Crippen MR) is 133 cm³/mol. The molecule has 0 saturated carbocycles. The van der Waals surface area contributed by atoms with Gasteiger partial charge in [-0.25, -0.2) is 9.78 Å². The number of nitrogens with one attached hydrogen (secondary N) is 4. The summed E-state index contributed by atoms with van der Waals surface area (Å²) in [6.45, 7) is 3.98. The second-order valence-corrected chi connectivity index (χ2v) is 8.93. The first-order chi connectivity index (χ1) is 17.5. The SMILES string of the molecule is CCC(C)C(N)C(=O)NC(CCC(=O)O)C(=O)NC(CCCCN)C(=O)NC(Cc1cnc[nH]1)C(=O)O. The third kappa shape index (κ3) is 11.4. The summed E-state index contributed by atoms with van der Waals surface area (Å²) in [5.41, 5.74) is 12.0. The average Bonchev–Trinajstić information content (AvgIpc) is 3.37. The van der Waals surface area contributed by atoms with Gasteiger partial charge in [0.25, 0.3) is 0 Å². The number of rotatable bonds is 18. The highest BCUT2D eigenvalue weighted by Gasteiger charge is 2.31. The summed E-state index contributed by atoms with van der Waals surface area (Å²) in [6.07, 6.45) is 3.89. The summed E-state index contributed by atoms with van der Waals surface area (Å²) < 4.78 is 0. The van der Waals surface area contributed by atoms with Gasteiger partial charge in [0.1, 0.15) is 18.1 Å². The van der Waals surface area contributed by atoms with E-state index in [0.717, 1.165) is 0 Å². The molecule has 37 heavy (non-hydrogen) atoms. The van der Waals surface area contributed by atoms with Crippen LogP contribution >= 0.6 is 0 Å². The van der Waals surface area contributed by atoms with Crippen LogP contribution < -0.4 is 27.4 Å². The van der Waals surface area contributed by atoms with Crippen molar-refractivity contribution in [1.82, 2.24) is 25.9 Å². The number of aromatic amines is 1. The van der Waals surface area contributed by atoms with Crippen LogP contribution in [0.4, 0.5) is 0 Å². The van der Waals surface area contributed by atoms with Crippen molar-refractivity contribution in [3.8, 4) is 0 Å². The van der Waals surface area contributed by atoms with Crippen molar-refractivity contribution in [2.75, 3.05) is 6.54 Å². The zero-order valence-electron chi connectivity index (χ0n) is 21.2. The molecule has 1 rings (SSSR count). The topological polar surface area (TPSA) is 243 Å². The first-order valence-corrected chi connectivity index (χ1v) is 12.3. The predicted octanol–water partition coefficient (Wildman–Crippen LogP) is -1.14. The van der Waals surface area contributed by atoms with Crippen LogP contribution in [-0.2, 0) is 30.4 Å². The Balaban J connectivity index is 3.02. The van der Waals surface area contributed by atoms with Crippen molar-refractivity contribution >= 4 is 29.7 Å². The van der Waals surface area contributed by atoms with E-state index < -0.39 is 60.2 Å². The van der Waals surface area contributed by atoms with Gasteiger partial charge >= 0.3 is 11.9 Å². The van der Waals surface area contributed by atoms with Crippen LogP contribution in [0.3, 0.4) is 0 Å². The molecule has 0 spiro atoms. The Morgan fingerprint density at radius 1 is 0.973 bits per heavy atom. The molecule has 10 N–H and O–H groups in total. The number of amides is 3. The van der Waals surface area contributed by atoms with E-state index in [2.05, 4.69) is 25.9 Å². The van der Waals surface area contributed by atoms with Crippen molar-refractivity contribution < 1.29 is 34.2 Å². The maximum atomic E-state index is 13.1. The number of aromatic nitrogens is 2. The van der Waals surface area contributed by atoms with Gasteiger partial charge in [-0.15, -0.1) is 0 Å². The van der Waals surface area contributed by atoms with E-state index in [9.17, 15) is 29.1 Å². The average molecular weight is 526 g/mol. The van der Waals surface area contributed by atoms with Gasteiger partial charge in [0.05, 0.1) is 12.4 Å². The molecule has 0 aliphatic heterocycles. The van der Waals surface area contributed by atoms with Crippen molar-refractivity contribution in [3.05, 3.63) is 18.2 Å². The lowest BCUT2D eigenvalue weighted by atomic mass is 9.98. The lowest BCUT2D eigenvalue weighted by molar-refractivity contribution is -0.142. The van der Waals surface area contributed by atoms with E-state index in [0.29, 0.717) is 31.5 Å². The van der Waals surface area contributed by atoms with Gasteiger partial charge in [0.15, 0.2) is 0 Å². The fraction of sp³-hybridized carbons (Fsp3) is 0.652. The molecular weight excluding hydrogens is 486 g/mol. The van der Waals surface area contributed by atoms with Crippen LogP contribution in [0.2, 0.25) is 0 Å². The van der Waals surface area contributed by atoms with E-state index in [1.165, 1.54) is 12.5 Å². The third-order valence-electron chi connectivity index (χ3n) is 6.01. The molecule has 14 heteroatoms. The zero-order valence-corrected chi connectivity index (χ0v) is 21.2. The fourth-order valence-corrected chi connectivity index (χ4v) is 3.44. The molecule has 5 unspecified atom stereocenters. The van der Waals surface area contributed by atoms with Gasteiger partial charge < -0.3 is 42.6 Å². The molecular formula is C23H39N7O7. The highest BCUT2D eigenvalue weighted by molar-refractivity contribution is 5.94. The second-order valence-electron chi connectivity index (χ2n) is 8.93. The van der Waals surface area contributed by atoms with Crippen molar-refractivity contribution in [1.29, 1.82) is 0 Å². The number of carboxylic acids is 2. The molecule has 0 saturated heterocycles. The van der Waals surface area contributed by atoms with Gasteiger partial charge in [-0.05, 0) is 38.1 Å². The van der Waals surface area contributed by atoms with Gasteiger partial charge in [0.2, 0.25) is 17.7 Å². The Morgan fingerprint density at radius 3 is 2.08 bits per heavy atom. The Morgan fingerprint density at radius 2 is 1.57 bits per heavy atom. The molecule has 3 amide bonds. The number of imidazole rings is 1. The smallest absolute Gasteiger partial charge is 0.326 e. The quantitative estimate of drug-likeness (QED) is 0.107. The Kier molecular flexibility index (Phi) is 13.9. The number of nitrogens with zero attached hydrogens (tertiary/aromatic N) is 1. The molecule has 0 aliphatic rings. The standard InChI is InChI=1S/C23H39N7O7/c1-3-13(2)19(25)22(35)29-16(7-8-18(31)32)21(34)28-15(6-4-5-9-24)20(33)30-17(23(36)37)10-14-11-26-12-27-14/h11-13,15-17,19H,3-10,24-25H2,1-2H3,(H,26,27)(H,28,34)(H,29,35)(H,30,33)(H,31,32)(H,36,37). The Labute approximate surface area is 215 Å². The lowest BCUT2D eigenvalue weighted by Gasteiger charge is -2.26. The maximum absolute atomic E-state index is 13.1. The van der Waals surface area contributed by atoms with Crippen LogP contribution in [0.5, 0.6) is 0 Å². The molecule has 1 heterocycles. The van der Waals surface area contributed by atoms with Crippen LogP contribution in [-0.4, -0.2) is 80.6 Å². The highest BCUT2D eigenvalue weighted by atomic mass is 16.4. The lowest BCUT2D eigenvalue weighted by Crippen LogP contribution is -2.57. The van der Waals surface area contributed by atoms with Gasteiger partial charge in [0, 0.05) is 24.7 Å². The van der Waals surface area contributed by atoms with Gasteiger partial charge in [-0.1, -0.05) is 20.3 Å². The van der Waals surface area contributed by atoms with Crippen LogP contribution in [0.15, 0.2) is 12.5 Å². The van der Waals surface area contributed by atoms with Crippen molar-refractivity contribution in [2.24, 2.45) is 17.4 Å². The first-order valence-electron chi connectivity index (χ1n) is 12.3. The molecule has 208 valence electrons. The number of carbonyl (C=O) groups is 5. The number of hydrogen-bond donors (Lipinski definition) is 8. The van der Waals surface area contributed by atoms with E-state index in [1.54, 1.807) is 6.92 Å². The third-order valence-corrected chi connectivity index (χ3v) is 6.01. The van der Waals surface area contributed by atoms with Crippen LogP contribution in [0, 0.1) is 5.92 Å². The van der Waals surface area contributed by atoms with Crippen LogP contribution in [0.1, 0.15) is 58.1 Å². The second kappa shape index (κ2) is 16.3. The summed E-state index contributed by atoms with van der Waals surface area (Å²) in [7, 11) is 0. The number of carbonyl (C=O) groups excluding carboxylic acids is 3. The number of aliphatic carboxylic acids is 2. The summed E-state index contributed by atoms with van der Waals surface area (Å²) >= 11 is 0. The molecule has 0 aromatic carbocycles. The van der Waals surface area contributed by atoms with Gasteiger partial charge in [-0.2, -0.15) is 0 Å². The number of carboxylic acid groups (broad SMARTS) is 2. The largest absolute Gasteiger partial charge is 0.481 e. The maximum Gasteiger partial charge on any atom is 0.326 e. The Bertz CT molecular complexity index is 894. The summed E-state index contributed by atoms with van der Waals surface area (Å²) in [4.78, 5) is 68.1. The van der Waals surface area contributed by atoms with Gasteiger partial charge in [-0.3, -0.25) is 19.2 Å². The normalized spacial score (nSPS) is 15.0. The zero-order chi connectivity index (χ0) is 28.0. The molecule has 1 aromatic rings. The monoisotopic (exact) mass is 525 g/mol. The van der Waals surface area contributed by atoms with E-state index in [-0.39, 0.29) is 25.2 Å². The van der Waals surface area contributed by atoms with E-state index >= 15 is 0 Å². The molecule has 5 atom stereocenters. The van der Waals surface area contributed by atoms with E-state index in [1.807, 2.05) is 6.92 Å². The summed E-state index contributed by atoms with van der Waals surface area (Å²) in [6, 6.07) is -4.61. The summed E-state index contributed by atoms with van der Waals surface area (Å²) in [5.74, 6) is -4.76. The molecule has 0 fully saturated rings. The molecule has 0 bridgehead atoms. The number of H-pyrrole nitrogens is 1. The number of unbranched alkanes of at least 4 members (excludes halogenated alkanes) is 1. The first kappa shape index (κ1) is 31.5. The minimum Gasteiger partial charge on any atom is -0.481 e. The minimum atomic E-state index is -1.29. The molecule has 0 radical (unpaired) electrons. The molecule has 14 nitrogen and oxygen atoms in total. The van der Waals surface area contributed by atoms with Crippen LogP contribution in [0.25, 0.3) is 0 Å². The highest BCUT2D eigenvalue weighted by Crippen LogP contribution is 2.09. The fourth-order valence-electron chi connectivity index (χ4n) is 3.44.